The minimum atomic E-state index is -5.04. The van der Waals surface area contributed by atoms with Crippen molar-refractivity contribution in [3.05, 3.63) is 68.7 Å². The molecular formula is C30H33Cl2F6N3O. The molecule has 3 aliphatic rings. The van der Waals surface area contributed by atoms with Gasteiger partial charge in [-0.05, 0) is 112 Å². The first-order chi connectivity index (χ1) is 19.7. The van der Waals surface area contributed by atoms with E-state index in [1.807, 2.05) is 0 Å². The fraction of sp³-hybridized carbons (Fsp3) is 0.567. The maximum atomic E-state index is 13.7. The summed E-state index contributed by atoms with van der Waals surface area (Å²) >= 11 is 12.3. The number of carbonyl (C=O) groups is 1. The molecule has 3 fully saturated rings. The maximum Gasteiger partial charge on any atom is 0.416 e. The number of hydrogen-bond donors (Lipinski definition) is 1. The molecule has 3 heterocycles. The molecule has 42 heavy (non-hydrogen) atoms. The van der Waals surface area contributed by atoms with E-state index in [4.69, 9.17) is 23.2 Å². The summed E-state index contributed by atoms with van der Waals surface area (Å²) in [6.45, 7) is 4.13. The Morgan fingerprint density at radius 2 is 1.48 bits per heavy atom. The number of nitrogens with one attached hydrogen (secondary N) is 1. The lowest BCUT2D eigenvalue weighted by Gasteiger charge is -2.49. The van der Waals surface area contributed by atoms with Crippen molar-refractivity contribution >= 4 is 29.1 Å². The van der Waals surface area contributed by atoms with Gasteiger partial charge < -0.3 is 15.1 Å². The van der Waals surface area contributed by atoms with Gasteiger partial charge in [-0.15, -0.1) is 0 Å². The van der Waals surface area contributed by atoms with Gasteiger partial charge >= 0.3 is 12.4 Å². The summed E-state index contributed by atoms with van der Waals surface area (Å²) in [5.74, 6) is -0.845. The van der Waals surface area contributed by atoms with Crippen LogP contribution in [0.2, 0.25) is 10.0 Å². The molecule has 0 radical (unpaired) electrons. The number of alkyl halides is 6. The van der Waals surface area contributed by atoms with Gasteiger partial charge in [-0.2, -0.15) is 26.3 Å². The highest BCUT2D eigenvalue weighted by molar-refractivity contribution is 6.42. The molecule has 12 heteroatoms. The number of nitrogens with zero attached hydrogens (tertiary/aromatic N) is 2. The quantitative estimate of drug-likeness (QED) is 0.350. The topological polar surface area (TPSA) is 35.6 Å². The summed E-state index contributed by atoms with van der Waals surface area (Å²) in [6, 6.07) is 5.86. The van der Waals surface area contributed by atoms with Crippen LogP contribution in [0.3, 0.4) is 0 Å². The lowest BCUT2D eigenvalue weighted by Crippen LogP contribution is -2.55. The maximum absolute atomic E-state index is 13.7. The van der Waals surface area contributed by atoms with E-state index in [2.05, 4.69) is 10.2 Å². The fourth-order valence-corrected chi connectivity index (χ4v) is 7.15. The second-order valence-electron chi connectivity index (χ2n) is 11.9. The zero-order valence-corrected chi connectivity index (χ0v) is 24.4. The summed E-state index contributed by atoms with van der Waals surface area (Å²) in [5, 5.41) is 4.11. The molecule has 1 amide bonds. The molecule has 4 nitrogen and oxygen atoms in total. The number of rotatable bonds is 4. The molecule has 2 aromatic rings. The highest BCUT2D eigenvalue weighted by Crippen LogP contribution is 2.42. The Morgan fingerprint density at radius 1 is 0.857 bits per heavy atom. The molecule has 5 rings (SSSR count). The minimum absolute atomic E-state index is 0.0434. The van der Waals surface area contributed by atoms with Crippen molar-refractivity contribution in [1.29, 1.82) is 0 Å². The van der Waals surface area contributed by atoms with Crippen molar-refractivity contribution in [2.24, 2.45) is 5.41 Å². The third kappa shape index (κ3) is 7.03. The van der Waals surface area contributed by atoms with Crippen LogP contribution >= 0.6 is 23.2 Å². The molecule has 1 spiro atoms. The monoisotopic (exact) mass is 635 g/mol. The van der Waals surface area contributed by atoms with E-state index in [0.717, 1.165) is 57.4 Å². The van der Waals surface area contributed by atoms with Crippen LogP contribution in [-0.2, 0) is 18.8 Å². The van der Waals surface area contributed by atoms with E-state index in [-0.39, 0.29) is 18.7 Å². The molecule has 2 unspecified atom stereocenters. The molecule has 0 saturated carbocycles. The van der Waals surface area contributed by atoms with E-state index < -0.39 is 41.0 Å². The van der Waals surface area contributed by atoms with Crippen molar-refractivity contribution in [1.82, 2.24) is 15.1 Å². The highest BCUT2D eigenvalue weighted by Gasteiger charge is 2.42. The van der Waals surface area contributed by atoms with Gasteiger partial charge in [0.25, 0.3) is 5.91 Å². The van der Waals surface area contributed by atoms with E-state index in [0.29, 0.717) is 46.9 Å². The molecule has 3 aliphatic heterocycles. The first-order valence-corrected chi connectivity index (χ1v) is 15.0. The fourth-order valence-electron chi connectivity index (χ4n) is 6.83. The van der Waals surface area contributed by atoms with Crippen LogP contribution in [0, 0.1) is 5.41 Å². The largest absolute Gasteiger partial charge is 0.416 e. The molecule has 0 bridgehead atoms. The SMILES string of the molecule is O=C(c1cc(C(F)(F)F)cc(C(F)(F)F)c1)N1CCC(N2CCC3(CCNCC3)CC2)CC1Cc1ccc(Cl)c(Cl)c1. The molecule has 2 aromatic carbocycles. The summed E-state index contributed by atoms with van der Waals surface area (Å²) in [7, 11) is 0. The molecule has 230 valence electrons. The highest BCUT2D eigenvalue weighted by atomic mass is 35.5. The van der Waals surface area contributed by atoms with Crippen LogP contribution in [0.4, 0.5) is 26.3 Å². The molecule has 0 aliphatic carbocycles. The van der Waals surface area contributed by atoms with E-state index >= 15 is 0 Å². The third-order valence-electron chi connectivity index (χ3n) is 9.28. The third-order valence-corrected chi connectivity index (χ3v) is 10.0. The van der Waals surface area contributed by atoms with Gasteiger partial charge in [0.05, 0.1) is 21.2 Å². The van der Waals surface area contributed by atoms with E-state index in [1.54, 1.807) is 18.2 Å². The minimum Gasteiger partial charge on any atom is -0.335 e. The second kappa shape index (κ2) is 12.2. The number of amides is 1. The molecular weight excluding hydrogens is 603 g/mol. The zero-order chi connectivity index (χ0) is 30.3. The number of halogens is 8. The van der Waals surface area contributed by atoms with Crippen molar-refractivity contribution < 1.29 is 31.1 Å². The molecule has 3 saturated heterocycles. The van der Waals surface area contributed by atoms with Gasteiger partial charge in [-0.1, -0.05) is 29.3 Å². The Hall–Kier alpha value is -2.01. The lowest BCUT2D eigenvalue weighted by atomic mass is 9.71. The van der Waals surface area contributed by atoms with Crippen LogP contribution in [0.5, 0.6) is 0 Å². The zero-order valence-electron chi connectivity index (χ0n) is 22.9. The molecule has 2 atom stereocenters. The van der Waals surface area contributed by atoms with Gasteiger partial charge in [0.15, 0.2) is 0 Å². The Labute approximate surface area is 251 Å². The van der Waals surface area contributed by atoms with Crippen molar-refractivity contribution in [3.8, 4) is 0 Å². The Kier molecular flexibility index (Phi) is 9.11. The number of likely N-dealkylation sites (tertiary alicyclic amines) is 2. The first-order valence-electron chi connectivity index (χ1n) is 14.2. The molecule has 0 aromatic heterocycles. The van der Waals surface area contributed by atoms with Crippen LogP contribution in [0.1, 0.15) is 65.6 Å². The number of piperidine rings is 3. The normalized spacial score (nSPS) is 23.8. The van der Waals surface area contributed by atoms with Crippen molar-refractivity contribution in [2.75, 3.05) is 32.7 Å². The van der Waals surface area contributed by atoms with Gasteiger partial charge in [0.2, 0.25) is 0 Å². The van der Waals surface area contributed by atoms with Gasteiger partial charge in [-0.25, -0.2) is 0 Å². The average molecular weight is 637 g/mol. The smallest absolute Gasteiger partial charge is 0.335 e. The number of hydrogen-bond acceptors (Lipinski definition) is 3. The van der Waals surface area contributed by atoms with Crippen LogP contribution in [0.25, 0.3) is 0 Å². The lowest BCUT2D eigenvalue weighted by molar-refractivity contribution is -0.143. The summed E-state index contributed by atoms with van der Waals surface area (Å²) in [6.07, 6.45) is -4.10. The predicted octanol–water partition coefficient (Wildman–Crippen LogP) is 7.71. The molecule has 1 N–H and O–H groups in total. The van der Waals surface area contributed by atoms with Crippen LogP contribution < -0.4 is 5.32 Å². The van der Waals surface area contributed by atoms with Gasteiger partial charge in [-0.3, -0.25) is 4.79 Å². The van der Waals surface area contributed by atoms with Crippen molar-refractivity contribution in [3.63, 3.8) is 0 Å². The summed E-state index contributed by atoms with van der Waals surface area (Å²) in [5.41, 5.74) is -2.49. The van der Waals surface area contributed by atoms with E-state index in [9.17, 15) is 31.1 Å². The Morgan fingerprint density at radius 3 is 2.05 bits per heavy atom. The first kappa shape index (κ1) is 31.4. The summed E-state index contributed by atoms with van der Waals surface area (Å²) in [4.78, 5) is 17.6. The summed E-state index contributed by atoms with van der Waals surface area (Å²) < 4.78 is 81.2. The second-order valence-corrected chi connectivity index (χ2v) is 12.7. The number of carbonyl (C=O) groups excluding carboxylic acids is 1. The average Bonchev–Trinajstić information content (AvgIpc) is 2.94. The van der Waals surface area contributed by atoms with E-state index in [1.165, 1.54) is 4.90 Å². The predicted molar refractivity (Wildman–Crippen MR) is 150 cm³/mol. The van der Waals surface area contributed by atoms with Crippen molar-refractivity contribution in [2.45, 2.75) is 69.4 Å². The Balaban J connectivity index is 1.40. The Bertz CT molecular complexity index is 1250. The standard InChI is InChI=1S/C30H33Cl2F6N3O/c31-25-2-1-19(14-26(25)32)13-24-18-23(40-11-6-28(7-12-40)4-8-39-9-5-28)3-10-41(24)27(42)20-15-21(29(33,34)35)17-22(16-20)30(36,37)38/h1-2,14-17,23-24,39H,3-13,18H2. The van der Waals surface area contributed by atoms with Gasteiger partial charge in [0, 0.05) is 24.2 Å². The van der Waals surface area contributed by atoms with Crippen LogP contribution in [0.15, 0.2) is 36.4 Å². The van der Waals surface area contributed by atoms with Crippen LogP contribution in [-0.4, -0.2) is 60.5 Å². The number of benzene rings is 2. The van der Waals surface area contributed by atoms with Gasteiger partial charge in [0.1, 0.15) is 0 Å².